The van der Waals surface area contributed by atoms with E-state index in [0.29, 0.717) is 12.0 Å². The van der Waals surface area contributed by atoms with Gasteiger partial charge in [0.15, 0.2) is 0 Å². The number of phenolic OH excluding ortho intramolecular Hbond substituents is 2. The number of rotatable bonds is 16. The average Bonchev–Trinajstić information content (AvgIpc) is 3.05. The van der Waals surface area contributed by atoms with E-state index in [4.69, 9.17) is 9.47 Å². The molecule has 3 aromatic rings. The van der Waals surface area contributed by atoms with Gasteiger partial charge in [0, 0.05) is 24.9 Å². The van der Waals surface area contributed by atoms with Crippen LogP contribution in [0.25, 0.3) is 0 Å². The first-order chi connectivity index (χ1) is 24.5. The molecule has 0 radical (unpaired) electrons. The molecular formula is C41H55N3O8. The normalized spacial score (nSPS) is 13.3. The maximum atomic E-state index is 14.9. The summed E-state index contributed by atoms with van der Waals surface area (Å²) in [6, 6.07) is 17.9. The number of benzene rings is 3. The minimum absolute atomic E-state index is 0.00741. The molecule has 3 amide bonds. The highest BCUT2D eigenvalue weighted by Crippen LogP contribution is 2.31. The van der Waals surface area contributed by atoms with Crippen LogP contribution in [0.4, 0.5) is 4.79 Å². The van der Waals surface area contributed by atoms with Crippen LogP contribution in [0.2, 0.25) is 0 Å². The molecule has 3 aromatic carbocycles. The summed E-state index contributed by atoms with van der Waals surface area (Å²) >= 11 is 0. The third-order valence-corrected chi connectivity index (χ3v) is 7.98. The second-order valence-corrected chi connectivity index (χ2v) is 14.9. The number of para-hydroxylation sites is 1. The fourth-order valence-electron chi connectivity index (χ4n) is 5.63. The average molecular weight is 718 g/mol. The van der Waals surface area contributed by atoms with Crippen molar-refractivity contribution >= 4 is 23.9 Å². The second-order valence-electron chi connectivity index (χ2n) is 14.9. The summed E-state index contributed by atoms with van der Waals surface area (Å²) in [6.45, 7) is 12.5. The van der Waals surface area contributed by atoms with Crippen molar-refractivity contribution in [2.45, 2.75) is 116 Å². The number of alkyl carbamates (subject to hydrolysis) is 1. The molecule has 52 heavy (non-hydrogen) atoms. The summed E-state index contributed by atoms with van der Waals surface area (Å²) in [5.74, 6) is -2.15. The first kappa shape index (κ1) is 41.4. The monoisotopic (exact) mass is 717 g/mol. The largest absolute Gasteiger partial charge is 0.508 e. The zero-order chi connectivity index (χ0) is 38.5. The van der Waals surface area contributed by atoms with Crippen LogP contribution in [0.5, 0.6) is 11.5 Å². The molecule has 0 bridgehead atoms. The molecule has 11 heteroatoms. The molecule has 3 unspecified atom stereocenters. The van der Waals surface area contributed by atoms with Crippen LogP contribution < -0.4 is 10.6 Å². The Bertz CT molecular complexity index is 1610. The van der Waals surface area contributed by atoms with Gasteiger partial charge in [-0.1, -0.05) is 86.8 Å². The Kier molecular flexibility index (Phi) is 15.1. The van der Waals surface area contributed by atoms with Gasteiger partial charge in [-0.2, -0.15) is 0 Å². The Balaban J connectivity index is 2.13. The smallest absolute Gasteiger partial charge is 0.408 e. The maximum Gasteiger partial charge on any atom is 0.408 e. The maximum absolute atomic E-state index is 14.9. The number of aromatic hydroxyl groups is 2. The highest BCUT2D eigenvalue weighted by atomic mass is 16.6. The summed E-state index contributed by atoms with van der Waals surface area (Å²) in [4.78, 5) is 57.6. The molecule has 3 atom stereocenters. The molecule has 4 N–H and O–H groups in total. The third-order valence-electron chi connectivity index (χ3n) is 7.98. The highest BCUT2D eigenvalue weighted by Gasteiger charge is 2.39. The lowest BCUT2D eigenvalue weighted by molar-refractivity contribution is -0.159. The first-order valence-corrected chi connectivity index (χ1v) is 17.9. The molecule has 0 spiro atoms. The van der Waals surface area contributed by atoms with Crippen LogP contribution in [0.15, 0.2) is 78.9 Å². The summed E-state index contributed by atoms with van der Waals surface area (Å²) in [6.07, 6.45) is 2.39. The molecule has 0 heterocycles. The predicted octanol–water partition coefficient (Wildman–Crippen LogP) is 6.75. The lowest BCUT2D eigenvalue weighted by Gasteiger charge is -2.35. The van der Waals surface area contributed by atoms with Gasteiger partial charge >= 0.3 is 12.1 Å². The quantitative estimate of drug-likeness (QED) is 0.0937. The summed E-state index contributed by atoms with van der Waals surface area (Å²) < 4.78 is 11.2. The molecule has 11 nitrogen and oxygen atoms in total. The van der Waals surface area contributed by atoms with Gasteiger partial charge < -0.3 is 35.2 Å². The lowest BCUT2D eigenvalue weighted by atomic mass is 9.98. The predicted molar refractivity (Wildman–Crippen MR) is 200 cm³/mol. The van der Waals surface area contributed by atoms with Gasteiger partial charge in [0.1, 0.15) is 40.8 Å². The highest BCUT2D eigenvalue weighted by molar-refractivity contribution is 5.94. The molecule has 0 saturated heterocycles. The van der Waals surface area contributed by atoms with Crippen LogP contribution in [0.1, 0.15) is 96.9 Å². The fourth-order valence-corrected chi connectivity index (χ4v) is 5.63. The number of phenols is 2. The number of hydrogen-bond acceptors (Lipinski definition) is 8. The van der Waals surface area contributed by atoms with Gasteiger partial charge in [-0.15, -0.1) is 0 Å². The number of ether oxygens (including phenoxy) is 2. The zero-order valence-electron chi connectivity index (χ0n) is 31.5. The number of amides is 3. The van der Waals surface area contributed by atoms with E-state index in [1.54, 1.807) is 71.9 Å². The second kappa shape index (κ2) is 19.0. The molecule has 0 aliphatic heterocycles. The molecule has 282 valence electrons. The van der Waals surface area contributed by atoms with Crippen LogP contribution >= 0.6 is 0 Å². The van der Waals surface area contributed by atoms with Crippen molar-refractivity contribution in [3.05, 3.63) is 95.6 Å². The van der Waals surface area contributed by atoms with E-state index >= 15 is 0 Å². The van der Waals surface area contributed by atoms with Crippen LogP contribution in [0, 0.1) is 0 Å². The molecule has 3 rings (SSSR count). The molecule has 0 aliphatic carbocycles. The number of carbonyl (C=O) groups excluding carboxylic acids is 4. The number of esters is 1. The standard InChI is InChI=1S/C41H55N3O8/c1-8-9-10-16-25-44(37(48)32(43-39(50)52-41(5,6)7)26-29-21-23-30(45)24-22-29)35(31-19-14-15-20-34(31)46)36(47)42-33(38(49)51-40(2,3)4)27-28-17-12-11-13-18-28/h11-15,17-24,32-33,35,45-46H,8-10,16,25-27H2,1-7H3,(H,42,47)(H,43,50). The Hall–Kier alpha value is -5.06. The number of nitrogens with zero attached hydrogens (tertiary/aromatic N) is 1. The SMILES string of the molecule is CCCCCCN(C(=O)C(Cc1ccc(O)cc1)NC(=O)OC(C)(C)C)C(C(=O)NC(Cc1ccccc1)C(=O)OC(C)(C)C)c1ccccc1O. The topological polar surface area (TPSA) is 154 Å². The zero-order valence-corrected chi connectivity index (χ0v) is 31.5. The first-order valence-electron chi connectivity index (χ1n) is 17.9. The van der Waals surface area contributed by atoms with Gasteiger partial charge in [0.2, 0.25) is 11.8 Å². The van der Waals surface area contributed by atoms with Crippen molar-refractivity contribution in [2.24, 2.45) is 0 Å². The van der Waals surface area contributed by atoms with E-state index < -0.39 is 53.2 Å². The Morgan fingerprint density at radius 1 is 0.692 bits per heavy atom. The minimum Gasteiger partial charge on any atom is -0.508 e. The van der Waals surface area contributed by atoms with Crippen molar-refractivity contribution in [1.82, 2.24) is 15.5 Å². The summed E-state index contributed by atoms with van der Waals surface area (Å²) in [5.41, 5.74) is -0.143. The van der Waals surface area contributed by atoms with Crippen LogP contribution in [0.3, 0.4) is 0 Å². The van der Waals surface area contributed by atoms with Gasteiger partial charge in [-0.25, -0.2) is 9.59 Å². The van der Waals surface area contributed by atoms with Gasteiger partial charge in [0.25, 0.3) is 0 Å². The van der Waals surface area contributed by atoms with Crippen molar-refractivity contribution in [2.75, 3.05) is 6.54 Å². The number of nitrogens with one attached hydrogen (secondary N) is 2. The summed E-state index contributed by atoms with van der Waals surface area (Å²) in [7, 11) is 0. The molecule has 0 aromatic heterocycles. The van der Waals surface area contributed by atoms with E-state index in [1.165, 1.54) is 23.1 Å². The minimum atomic E-state index is -1.40. The number of unbranched alkanes of at least 4 members (excludes halogenated alkanes) is 3. The molecular weight excluding hydrogens is 662 g/mol. The number of hydrogen-bond donors (Lipinski definition) is 4. The van der Waals surface area contributed by atoms with Crippen molar-refractivity contribution in [3.63, 3.8) is 0 Å². The van der Waals surface area contributed by atoms with Crippen molar-refractivity contribution in [1.29, 1.82) is 0 Å². The van der Waals surface area contributed by atoms with E-state index in [9.17, 15) is 29.4 Å². The third kappa shape index (κ3) is 13.6. The Morgan fingerprint density at radius 2 is 1.27 bits per heavy atom. The molecule has 0 aliphatic rings. The van der Waals surface area contributed by atoms with E-state index in [-0.39, 0.29) is 36.4 Å². The van der Waals surface area contributed by atoms with Gasteiger partial charge in [-0.3, -0.25) is 9.59 Å². The van der Waals surface area contributed by atoms with Crippen molar-refractivity contribution in [3.8, 4) is 11.5 Å². The molecule has 0 saturated carbocycles. The summed E-state index contributed by atoms with van der Waals surface area (Å²) in [5, 5.41) is 26.6. The van der Waals surface area contributed by atoms with Crippen molar-refractivity contribution < 1.29 is 38.9 Å². The van der Waals surface area contributed by atoms with Crippen LogP contribution in [-0.2, 0) is 36.7 Å². The fraction of sp³-hybridized carbons (Fsp3) is 0.463. The Labute approximate surface area is 307 Å². The van der Waals surface area contributed by atoms with Crippen LogP contribution in [-0.4, -0.2) is 68.8 Å². The Morgan fingerprint density at radius 3 is 1.87 bits per heavy atom. The van der Waals surface area contributed by atoms with Gasteiger partial charge in [-0.05, 0) is 77.3 Å². The van der Waals surface area contributed by atoms with E-state index in [0.717, 1.165) is 24.8 Å². The lowest BCUT2D eigenvalue weighted by Crippen LogP contribution is -2.55. The van der Waals surface area contributed by atoms with Gasteiger partial charge in [0.05, 0.1) is 0 Å². The number of carbonyl (C=O) groups is 4. The molecule has 0 fully saturated rings. The van der Waals surface area contributed by atoms with E-state index in [1.807, 2.05) is 30.3 Å². The van der Waals surface area contributed by atoms with E-state index in [2.05, 4.69) is 17.6 Å².